The standard InChI is InChI=1S/C15H18N4O2.ClH/c1-10-7-13(19(2)18-10)15(20)17-12-3-4-14-11(8-12)9-16-5-6-21-14;/h3-4,7-8,16H,5-6,9H2,1-2H3,(H,17,20);1H. The maximum absolute atomic E-state index is 12.3. The van der Waals surface area contributed by atoms with Crippen molar-refractivity contribution in [2.45, 2.75) is 13.5 Å². The number of benzene rings is 1. The first kappa shape index (κ1) is 16.3. The Bertz CT molecular complexity index is 684. The Kier molecular flexibility index (Phi) is 5.05. The molecule has 0 saturated heterocycles. The summed E-state index contributed by atoms with van der Waals surface area (Å²) >= 11 is 0. The van der Waals surface area contributed by atoms with Crippen LogP contribution in [0.3, 0.4) is 0 Å². The monoisotopic (exact) mass is 322 g/mol. The van der Waals surface area contributed by atoms with E-state index in [1.54, 1.807) is 17.8 Å². The summed E-state index contributed by atoms with van der Waals surface area (Å²) in [6, 6.07) is 7.45. The second-order valence-electron chi connectivity index (χ2n) is 5.10. The number of hydrogen-bond donors (Lipinski definition) is 2. The second kappa shape index (κ2) is 6.81. The third-order valence-electron chi connectivity index (χ3n) is 3.40. The van der Waals surface area contributed by atoms with Gasteiger partial charge in [-0.25, -0.2) is 0 Å². The number of amides is 1. The van der Waals surface area contributed by atoms with Gasteiger partial charge in [0.15, 0.2) is 0 Å². The zero-order valence-corrected chi connectivity index (χ0v) is 13.4. The molecule has 6 nitrogen and oxygen atoms in total. The molecular weight excluding hydrogens is 304 g/mol. The minimum absolute atomic E-state index is 0. The summed E-state index contributed by atoms with van der Waals surface area (Å²) in [4.78, 5) is 12.3. The van der Waals surface area contributed by atoms with Gasteiger partial charge in [-0.3, -0.25) is 9.48 Å². The van der Waals surface area contributed by atoms with Crippen LogP contribution in [0.25, 0.3) is 0 Å². The molecule has 1 aromatic carbocycles. The predicted octanol–water partition coefficient (Wildman–Crippen LogP) is 1.88. The van der Waals surface area contributed by atoms with Crippen LogP contribution in [0.5, 0.6) is 5.75 Å². The van der Waals surface area contributed by atoms with Gasteiger partial charge < -0.3 is 15.4 Å². The number of rotatable bonds is 2. The Balaban J connectivity index is 0.00000176. The minimum atomic E-state index is -0.166. The zero-order valence-electron chi connectivity index (χ0n) is 12.5. The van der Waals surface area contributed by atoms with Gasteiger partial charge in [-0.05, 0) is 31.2 Å². The molecule has 22 heavy (non-hydrogen) atoms. The quantitative estimate of drug-likeness (QED) is 0.886. The maximum Gasteiger partial charge on any atom is 0.273 e. The average Bonchev–Trinajstić information content (AvgIpc) is 2.66. The second-order valence-corrected chi connectivity index (χ2v) is 5.10. The van der Waals surface area contributed by atoms with E-state index in [0.717, 1.165) is 35.8 Å². The van der Waals surface area contributed by atoms with Crippen molar-refractivity contribution in [3.63, 3.8) is 0 Å². The van der Waals surface area contributed by atoms with Crippen molar-refractivity contribution in [1.29, 1.82) is 0 Å². The van der Waals surface area contributed by atoms with Gasteiger partial charge in [0.05, 0.1) is 5.69 Å². The third-order valence-corrected chi connectivity index (χ3v) is 3.40. The number of nitrogens with one attached hydrogen (secondary N) is 2. The van der Waals surface area contributed by atoms with Crippen LogP contribution < -0.4 is 15.4 Å². The van der Waals surface area contributed by atoms with Crippen LogP contribution in [0.1, 0.15) is 21.7 Å². The van der Waals surface area contributed by atoms with Crippen LogP contribution in [0.4, 0.5) is 5.69 Å². The highest BCUT2D eigenvalue weighted by molar-refractivity contribution is 6.03. The van der Waals surface area contributed by atoms with E-state index >= 15 is 0 Å². The van der Waals surface area contributed by atoms with Gasteiger partial charge in [0, 0.05) is 31.4 Å². The molecule has 0 spiro atoms. The Morgan fingerprint density at radius 1 is 1.41 bits per heavy atom. The first-order valence-corrected chi connectivity index (χ1v) is 6.92. The molecule has 118 valence electrons. The van der Waals surface area contributed by atoms with Gasteiger partial charge in [-0.1, -0.05) is 0 Å². The molecule has 1 aliphatic rings. The van der Waals surface area contributed by atoms with Crippen molar-refractivity contribution in [3.05, 3.63) is 41.2 Å². The molecule has 0 aliphatic carbocycles. The van der Waals surface area contributed by atoms with Crippen molar-refractivity contribution in [3.8, 4) is 5.75 Å². The first-order chi connectivity index (χ1) is 10.1. The number of anilines is 1. The number of nitrogens with zero attached hydrogens (tertiary/aromatic N) is 2. The molecule has 0 unspecified atom stereocenters. The van der Waals surface area contributed by atoms with E-state index in [-0.39, 0.29) is 18.3 Å². The summed E-state index contributed by atoms with van der Waals surface area (Å²) in [5, 5.41) is 10.4. The molecule has 0 fully saturated rings. The van der Waals surface area contributed by atoms with E-state index in [1.165, 1.54) is 0 Å². The Labute approximate surface area is 135 Å². The third kappa shape index (κ3) is 3.40. The maximum atomic E-state index is 12.3. The van der Waals surface area contributed by atoms with Crippen molar-refractivity contribution in [2.24, 2.45) is 7.05 Å². The van der Waals surface area contributed by atoms with E-state index in [4.69, 9.17) is 4.74 Å². The Morgan fingerprint density at radius 3 is 2.95 bits per heavy atom. The van der Waals surface area contributed by atoms with Gasteiger partial charge in [0.1, 0.15) is 18.1 Å². The molecule has 3 rings (SSSR count). The van der Waals surface area contributed by atoms with Gasteiger partial charge in [-0.15, -0.1) is 12.4 Å². The average molecular weight is 323 g/mol. The fourth-order valence-corrected chi connectivity index (χ4v) is 2.41. The molecule has 1 aromatic heterocycles. The number of halogens is 1. The number of carbonyl (C=O) groups excluding carboxylic acids is 1. The predicted molar refractivity (Wildman–Crippen MR) is 86.8 cm³/mol. The molecule has 1 amide bonds. The van der Waals surface area contributed by atoms with Gasteiger partial charge in [0.25, 0.3) is 5.91 Å². The molecular formula is C15H19ClN4O2. The first-order valence-electron chi connectivity index (χ1n) is 6.92. The topological polar surface area (TPSA) is 68.2 Å². The highest BCUT2D eigenvalue weighted by Gasteiger charge is 2.14. The lowest BCUT2D eigenvalue weighted by atomic mass is 10.1. The smallest absolute Gasteiger partial charge is 0.273 e. The summed E-state index contributed by atoms with van der Waals surface area (Å²) in [6.07, 6.45) is 0. The number of fused-ring (bicyclic) bond motifs is 1. The van der Waals surface area contributed by atoms with Crippen LogP contribution in [-0.2, 0) is 13.6 Å². The zero-order chi connectivity index (χ0) is 14.8. The van der Waals surface area contributed by atoms with E-state index < -0.39 is 0 Å². The van der Waals surface area contributed by atoms with E-state index in [0.29, 0.717) is 12.3 Å². The van der Waals surface area contributed by atoms with Crippen LogP contribution in [-0.4, -0.2) is 28.8 Å². The summed E-state index contributed by atoms with van der Waals surface area (Å²) in [5.74, 6) is 0.704. The normalized spacial score (nSPS) is 13.4. The van der Waals surface area contributed by atoms with E-state index in [1.807, 2.05) is 25.1 Å². The number of aromatic nitrogens is 2. The van der Waals surface area contributed by atoms with Gasteiger partial charge in [-0.2, -0.15) is 5.10 Å². The Morgan fingerprint density at radius 2 is 2.23 bits per heavy atom. The van der Waals surface area contributed by atoms with Crippen LogP contribution >= 0.6 is 12.4 Å². The van der Waals surface area contributed by atoms with Crippen molar-refractivity contribution in [2.75, 3.05) is 18.5 Å². The fourth-order valence-electron chi connectivity index (χ4n) is 2.41. The largest absolute Gasteiger partial charge is 0.492 e. The van der Waals surface area contributed by atoms with Crippen molar-refractivity contribution < 1.29 is 9.53 Å². The van der Waals surface area contributed by atoms with Crippen LogP contribution in [0.2, 0.25) is 0 Å². The lowest BCUT2D eigenvalue weighted by Crippen LogP contribution is -2.17. The number of carbonyl (C=O) groups is 1. The molecule has 0 saturated carbocycles. The summed E-state index contributed by atoms with van der Waals surface area (Å²) < 4.78 is 7.21. The lowest BCUT2D eigenvalue weighted by Gasteiger charge is -2.10. The number of ether oxygens (including phenoxy) is 1. The minimum Gasteiger partial charge on any atom is -0.492 e. The highest BCUT2D eigenvalue weighted by Crippen LogP contribution is 2.24. The molecule has 1 aliphatic heterocycles. The SMILES string of the molecule is Cc1cc(C(=O)Nc2ccc3c(c2)CNCCO3)n(C)n1.Cl. The lowest BCUT2D eigenvalue weighted by molar-refractivity contribution is 0.101. The fraction of sp³-hybridized carbons (Fsp3) is 0.333. The number of aryl methyl sites for hydroxylation is 2. The molecule has 0 radical (unpaired) electrons. The summed E-state index contributed by atoms with van der Waals surface area (Å²) in [7, 11) is 1.76. The van der Waals surface area contributed by atoms with Crippen LogP contribution in [0.15, 0.2) is 24.3 Å². The molecule has 0 atom stereocenters. The van der Waals surface area contributed by atoms with E-state index in [9.17, 15) is 4.79 Å². The summed E-state index contributed by atoms with van der Waals surface area (Å²) in [5.41, 5.74) is 3.16. The highest BCUT2D eigenvalue weighted by atomic mass is 35.5. The van der Waals surface area contributed by atoms with Gasteiger partial charge >= 0.3 is 0 Å². The van der Waals surface area contributed by atoms with E-state index in [2.05, 4.69) is 15.7 Å². The molecule has 7 heteroatoms. The number of hydrogen-bond acceptors (Lipinski definition) is 4. The molecule has 2 N–H and O–H groups in total. The van der Waals surface area contributed by atoms with Crippen molar-refractivity contribution >= 4 is 24.0 Å². The molecule has 0 bridgehead atoms. The van der Waals surface area contributed by atoms with Crippen LogP contribution in [0, 0.1) is 6.92 Å². The molecule has 2 heterocycles. The Hall–Kier alpha value is -2.05. The molecule has 2 aromatic rings. The van der Waals surface area contributed by atoms with Gasteiger partial charge in [0.2, 0.25) is 0 Å². The summed E-state index contributed by atoms with van der Waals surface area (Å²) in [6.45, 7) is 4.09. The van der Waals surface area contributed by atoms with Crippen molar-refractivity contribution in [1.82, 2.24) is 15.1 Å².